The number of anilines is 1. The first-order valence-corrected chi connectivity index (χ1v) is 13.9. The maximum absolute atomic E-state index is 13.2. The summed E-state index contributed by atoms with van der Waals surface area (Å²) in [5, 5.41) is 0. The lowest BCUT2D eigenvalue weighted by atomic mass is 10.2. The van der Waals surface area contributed by atoms with E-state index in [1.165, 1.54) is 11.3 Å². The van der Waals surface area contributed by atoms with Gasteiger partial charge in [0.2, 0.25) is 10.0 Å². The van der Waals surface area contributed by atoms with E-state index in [-0.39, 0.29) is 0 Å². The van der Waals surface area contributed by atoms with Crippen molar-refractivity contribution in [1.29, 1.82) is 0 Å². The molecular weight excluding hydrogens is 446 g/mol. The van der Waals surface area contributed by atoms with E-state index in [1.54, 1.807) is 16.4 Å². The minimum atomic E-state index is -3.46. The summed E-state index contributed by atoms with van der Waals surface area (Å²) in [5.74, 6) is 1.01. The molecule has 0 spiro atoms. The number of hydrogen-bond acceptors (Lipinski definition) is 5. The van der Waals surface area contributed by atoms with Gasteiger partial charge < -0.3 is 9.47 Å². The zero-order valence-electron chi connectivity index (χ0n) is 20.3. The molecule has 182 valence electrons. The molecule has 0 N–H and O–H groups in total. The molecule has 0 atom stereocenters. The Morgan fingerprint density at radius 1 is 0.912 bits per heavy atom. The van der Waals surface area contributed by atoms with Gasteiger partial charge in [-0.1, -0.05) is 18.6 Å². The number of imidazole rings is 1. The van der Waals surface area contributed by atoms with Gasteiger partial charge in [0.15, 0.2) is 0 Å². The number of aromatic nitrogens is 2. The summed E-state index contributed by atoms with van der Waals surface area (Å²) < 4.78 is 30.2. The van der Waals surface area contributed by atoms with Crippen LogP contribution in [0.1, 0.15) is 37.6 Å². The fourth-order valence-electron chi connectivity index (χ4n) is 5.24. The van der Waals surface area contributed by atoms with E-state index in [1.807, 2.05) is 6.07 Å². The van der Waals surface area contributed by atoms with Crippen LogP contribution in [0, 0.1) is 6.92 Å². The molecule has 1 aromatic heterocycles. The lowest BCUT2D eigenvalue weighted by Gasteiger charge is -2.36. The molecule has 0 radical (unpaired) electrons. The van der Waals surface area contributed by atoms with Gasteiger partial charge in [-0.2, -0.15) is 4.31 Å². The highest BCUT2D eigenvalue weighted by Crippen LogP contribution is 2.26. The van der Waals surface area contributed by atoms with Crippen molar-refractivity contribution < 1.29 is 8.42 Å². The average Bonchev–Trinajstić information content (AvgIpc) is 3.21. The average molecular weight is 482 g/mol. The smallest absolute Gasteiger partial charge is 0.243 e. The molecular formula is C26H35N5O2S. The first kappa shape index (κ1) is 23.3. The predicted molar refractivity (Wildman–Crippen MR) is 137 cm³/mol. The molecule has 3 aromatic rings. The lowest BCUT2D eigenvalue weighted by Crippen LogP contribution is -2.46. The molecule has 2 fully saturated rings. The summed E-state index contributed by atoms with van der Waals surface area (Å²) in [5.41, 5.74) is 4.36. The van der Waals surface area contributed by atoms with Crippen molar-refractivity contribution in [2.45, 2.75) is 51.1 Å². The third-order valence-electron chi connectivity index (χ3n) is 7.17. The Kier molecular flexibility index (Phi) is 6.64. The summed E-state index contributed by atoms with van der Waals surface area (Å²) >= 11 is 0. The third kappa shape index (κ3) is 4.59. The number of sulfonamides is 1. The Balaban J connectivity index is 1.33. The van der Waals surface area contributed by atoms with Crippen molar-refractivity contribution in [3.05, 3.63) is 53.9 Å². The quantitative estimate of drug-likeness (QED) is 0.535. The van der Waals surface area contributed by atoms with Gasteiger partial charge in [-0.3, -0.25) is 4.90 Å². The van der Waals surface area contributed by atoms with Gasteiger partial charge in [0.25, 0.3) is 0 Å². The topological polar surface area (TPSA) is 61.7 Å². The second-order valence-corrected chi connectivity index (χ2v) is 11.4. The van der Waals surface area contributed by atoms with E-state index in [9.17, 15) is 8.42 Å². The van der Waals surface area contributed by atoms with Gasteiger partial charge >= 0.3 is 0 Å². The second-order valence-electron chi connectivity index (χ2n) is 9.49. The summed E-state index contributed by atoms with van der Waals surface area (Å²) in [6, 6.07) is 14.2. The van der Waals surface area contributed by atoms with Crippen molar-refractivity contribution in [2.75, 3.05) is 44.2 Å². The monoisotopic (exact) mass is 481 g/mol. The molecule has 8 heteroatoms. The van der Waals surface area contributed by atoms with Crippen LogP contribution in [0.2, 0.25) is 0 Å². The number of fused-ring (bicyclic) bond motifs is 1. The molecule has 2 aliphatic rings. The highest BCUT2D eigenvalue weighted by molar-refractivity contribution is 7.89. The highest BCUT2D eigenvalue weighted by atomic mass is 32.2. The summed E-state index contributed by atoms with van der Waals surface area (Å²) in [6.45, 7) is 11.0. The normalized spacial score (nSPS) is 18.6. The van der Waals surface area contributed by atoms with Crippen LogP contribution in [0.15, 0.2) is 47.4 Å². The molecule has 0 amide bonds. The van der Waals surface area contributed by atoms with Crippen molar-refractivity contribution in [3.63, 3.8) is 0 Å². The van der Waals surface area contributed by atoms with Crippen LogP contribution in [-0.2, 0) is 23.1 Å². The van der Waals surface area contributed by atoms with Crippen LogP contribution in [0.3, 0.4) is 0 Å². The first-order chi connectivity index (χ1) is 16.5. The summed E-state index contributed by atoms with van der Waals surface area (Å²) in [7, 11) is -3.46. The summed E-state index contributed by atoms with van der Waals surface area (Å²) in [6.07, 6.45) is 2.98. The molecule has 2 aliphatic heterocycles. The van der Waals surface area contributed by atoms with Crippen molar-refractivity contribution in [3.8, 4) is 0 Å². The van der Waals surface area contributed by atoms with Crippen LogP contribution < -0.4 is 4.90 Å². The molecule has 0 aliphatic carbocycles. The molecule has 0 saturated carbocycles. The van der Waals surface area contributed by atoms with E-state index in [0.29, 0.717) is 18.0 Å². The molecule has 2 aromatic carbocycles. The zero-order chi connectivity index (χ0) is 23.7. The van der Waals surface area contributed by atoms with Crippen LogP contribution in [0.4, 0.5) is 5.69 Å². The van der Waals surface area contributed by atoms with Crippen LogP contribution >= 0.6 is 0 Å². The number of benzene rings is 2. The largest absolute Gasteiger partial charge is 0.369 e. The lowest BCUT2D eigenvalue weighted by molar-refractivity contribution is 0.241. The Labute approximate surface area is 203 Å². The van der Waals surface area contributed by atoms with E-state index in [2.05, 4.69) is 52.5 Å². The third-order valence-corrected chi connectivity index (χ3v) is 9.07. The number of nitrogens with zero attached hydrogens (tertiary/aromatic N) is 5. The van der Waals surface area contributed by atoms with Gasteiger partial charge in [-0.25, -0.2) is 13.4 Å². The molecule has 2 saturated heterocycles. The van der Waals surface area contributed by atoms with E-state index < -0.39 is 10.0 Å². The molecule has 34 heavy (non-hydrogen) atoms. The van der Waals surface area contributed by atoms with Gasteiger partial charge in [-0.05, 0) is 62.6 Å². The van der Waals surface area contributed by atoms with Gasteiger partial charge in [0.1, 0.15) is 5.82 Å². The number of piperazine rings is 1. The molecule has 7 nitrogen and oxygen atoms in total. The Morgan fingerprint density at radius 2 is 1.68 bits per heavy atom. The minimum absolute atomic E-state index is 0.362. The molecule has 0 unspecified atom stereocenters. The first-order valence-electron chi connectivity index (χ1n) is 12.5. The maximum Gasteiger partial charge on any atom is 0.243 e. The Hall–Kier alpha value is -2.42. The molecule has 0 bridgehead atoms. The van der Waals surface area contributed by atoms with Crippen molar-refractivity contribution >= 4 is 26.7 Å². The SMILES string of the molecule is CCn1c(CN2CCN(c3cccc(C)c3)CC2)nc2cc(S(=O)(=O)N3CCCCC3)ccc21. The predicted octanol–water partition coefficient (Wildman–Crippen LogP) is 3.86. The van der Waals surface area contributed by atoms with Crippen LogP contribution in [0.25, 0.3) is 11.0 Å². The fourth-order valence-corrected chi connectivity index (χ4v) is 6.77. The van der Waals surface area contributed by atoms with E-state index >= 15 is 0 Å². The van der Waals surface area contributed by atoms with Crippen molar-refractivity contribution in [1.82, 2.24) is 18.8 Å². The van der Waals surface area contributed by atoms with Gasteiger partial charge in [0, 0.05) is 51.5 Å². The van der Waals surface area contributed by atoms with Gasteiger partial charge in [0.05, 0.1) is 22.5 Å². The second kappa shape index (κ2) is 9.68. The van der Waals surface area contributed by atoms with Gasteiger partial charge in [-0.15, -0.1) is 0 Å². The minimum Gasteiger partial charge on any atom is -0.369 e. The standard InChI is InChI=1S/C26H35N5O2S/c1-3-31-25-11-10-23(34(32,33)30-12-5-4-6-13-30)19-24(25)27-26(31)20-28-14-16-29(17-15-28)22-9-7-8-21(2)18-22/h7-11,18-19H,3-6,12-17,20H2,1-2H3. The number of aryl methyl sites for hydroxylation is 2. The van der Waals surface area contributed by atoms with Crippen LogP contribution in [-0.4, -0.2) is 66.4 Å². The van der Waals surface area contributed by atoms with E-state index in [4.69, 9.17) is 4.98 Å². The number of hydrogen-bond donors (Lipinski definition) is 0. The van der Waals surface area contributed by atoms with E-state index in [0.717, 1.165) is 75.4 Å². The summed E-state index contributed by atoms with van der Waals surface area (Å²) in [4.78, 5) is 10.2. The zero-order valence-corrected chi connectivity index (χ0v) is 21.1. The van der Waals surface area contributed by atoms with Crippen LogP contribution in [0.5, 0.6) is 0 Å². The highest BCUT2D eigenvalue weighted by Gasteiger charge is 2.27. The Morgan fingerprint density at radius 3 is 2.38 bits per heavy atom. The maximum atomic E-state index is 13.2. The fraction of sp³-hybridized carbons (Fsp3) is 0.500. The number of piperidine rings is 1. The number of rotatable bonds is 6. The molecule has 5 rings (SSSR count). The molecule has 3 heterocycles. The Bertz CT molecular complexity index is 1260. The van der Waals surface area contributed by atoms with Crippen molar-refractivity contribution in [2.24, 2.45) is 0 Å².